The normalized spacial score (nSPS) is 11.3. The number of aromatic nitrogens is 2. The molecule has 1 aromatic heterocycles. The van der Waals surface area contributed by atoms with Crippen molar-refractivity contribution >= 4 is 44.7 Å². The maximum absolute atomic E-state index is 13.2. The molecule has 11 nitrogen and oxygen atoms in total. The number of hydrogen-bond donors (Lipinski definition) is 1. The van der Waals surface area contributed by atoms with Crippen molar-refractivity contribution in [3.05, 3.63) is 66.7 Å². The van der Waals surface area contributed by atoms with Gasteiger partial charge >= 0.3 is 11.7 Å². The number of aliphatic carboxylic acids is 1. The van der Waals surface area contributed by atoms with E-state index in [1.54, 1.807) is 25.1 Å². The fraction of sp³-hybridized carbons (Fsp3) is 0.273. The molecule has 178 valence electrons. The summed E-state index contributed by atoms with van der Waals surface area (Å²) in [4.78, 5) is 39.5. The first-order chi connectivity index (χ1) is 16.1. The zero-order valence-corrected chi connectivity index (χ0v) is 20.1. The number of ether oxygens (including phenoxy) is 2. The van der Waals surface area contributed by atoms with Crippen LogP contribution in [0.4, 0.5) is 5.69 Å². The first-order valence-electron chi connectivity index (χ1n) is 10.2. The number of carboxylic acids is 1. The van der Waals surface area contributed by atoms with E-state index in [0.717, 1.165) is 10.7 Å². The molecule has 1 heterocycles. The van der Waals surface area contributed by atoms with Crippen molar-refractivity contribution in [2.24, 2.45) is 5.10 Å². The maximum Gasteiger partial charge on any atom is 0.341 e. The fourth-order valence-corrected chi connectivity index (χ4v) is 3.50. The van der Waals surface area contributed by atoms with Gasteiger partial charge in [0.05, 0.1) is 28.6 Å². The molecule has 0 unspecified atom stereocenters. The Morgan fingerprint density at radius 1 is 1.32 bits per heavy atom. The number of nitro groups is 1. The van der Waals surface area contributed by atoms with E-state index in [1.807, 2.05) is 13.8 Å². The summed E-state index contributed by atoms with van der Waals surface area (Å²) >= 11 is 3.35. The molecule has 1 N–H and O–H groups in total. The second-order valence-electron chi connectivity index (χ2n) is 7.39. The Kier molecular flexibility index (Phi) is 7.61. The summed E-state index contributed by atoms with van der Waals surface area (Å²) in [5.41, 5.74) is -0.121. The molecule has 12 heteroatoms. The monoisotopic (exact) mass is 532 g/mol. The molecule has 0 atom stereocenters. The maximum atomic E-state index is 13.2. The molecule has 0 fully saturated rings. The van der Waals surface area contributed by atoms with Crippen LogP contribution in [0, 0.1) is 10.1 Å². The summed E-state index contributed by atoms with van der Waals surface area (Å²) in [6.45, 7) is 4.78. The SMILES string of the molecule is CCOc1cc(C=Nn2c(C(C)C)nc3ccc(Br)cc3c2=O)cc([N+](=O)[O-])c1OCC(=O)O. The molecule has 0 spiro atoms. The zero-order valence-electron chi connectivity index (χ0n) is 18.5. The van der Waals surface area contributed by atoms with Crippen LogP contribution in [0.1, 0.15) is 38.1 Å². The number of carboxylic acid groups (broad SMARTS) is 1. The minimum absolute atomic E-state index is 0.0172. The van der Waals surface area contributed by atoms with E-state index in [-0.39, 0.29) is 29.6 Å². The van der Waals surface area contributed by atoms with Crippen LogP contribution in [0.5, 0.6) is 11.5 Å². The first-order valence-corrected chi connectivity index (χ1v) is 11.0. The fourth-order valence-electron chi connectivity index (χ4n) is 3.14. The van der Waals surface area contributed by atoms with E-state index in [9.17, 15) is 19.7 Å². The number of fused-ring (bicyclic) bond motifs is 1. The Balaban J connectivity index is 2.16. The highest BCUT2D eigenvalue weighted by molar-refractivity contribution is 9.10. The second-order valence-corrected chi connectivity index (χ2v) is 8.30. The van der Waals surface area contributed by atoms with Gasteiger partial charge in [-0.1, -0.05) is 29.8 Å². The van der Waals surface area contributed by atoms with E-state index < -0.39 is 28.7 Å². The van der Waals surface area contributed by atoms with Crippen molar-refractivity contribution in [3.8, 4) is 11.5 Å². The van der Waals surface area contributed by atoms with Crippen LogP contribution < -0.4 is 15.0 Å². The quantitative estimate of drug-likeness (QED) is 0.247. The number of rotatable bonds is 9. The molecule has 0 radical (unpaired) electrons. The molecular weight excluding hydrogens is 512 g/mol. The lowest BCUT2D eigenvalue weighted by molar-refractivity contribution is -0.385. The highest BCUT2D eigenvalue weighted by Gasteiger charge is 2.23. The van der Waals surface area contributed by atoms with Gasteiger partial charge < -0.3 is 14.6 Å². The van der Waals surface area contributed by atoms with Crippen molar-refractivity contribution in [1.82, 2.24) is 9.66 Å². The summed E-state index contributed by atoms with van der Waals surface area (Å²) in [5, 5.41) is 25.1. The lowest BCUT2D eigenvalue weighted by atomic mass is 10.1. The van der Waals surface area contributed by atoms with Gasteiger partial charge in [-0.05, 0) is 31.2 Å². The average molecular weight is 533 g/mol. The Morgan fingerprint density at radius 2 is 2.06 bits per heavy atom. The third kappa shape index (κ3) is 5.39. The Morgan fingerprint density at radius 3 is 2.68 bits per heavy atom. The third-order valence-electron chi connectivity index (χ3n) is 4.57. The molecule has 0 bridgehead atoms. The number of benzene rings is 2. The highest BCUT2D eigenvalue weighted by atomic mass is 79.9. The molecule has 0 aliphatic heterocycles. The minimum Gasteiger partial charge on any atom is -0.490 e. The smallest absolute Gasteiger partial charge is 0.341 e. The number of halogens is 1. The summed E-state index contributed by atoms with van der Waals surface area (Å²) < 4.78 is 12.4. The zero-order chi connectivity index (χ0) is 25.0. The van der Waals surface area contributed by atoms with E-state index in [2.05, 4.69) is 26.0 Å². The second kappa shape index (κ2) is 10.4. The molecule has 0 aliphatic rings. The summed E-state index contributed by atoms with van der Waals surface area (Å²) in [6.07, 6.45) is 1.27. The molecule has 3 aromatic rings. The van der Waals surface area contributed by atoms with E-state index in [0.29, 0.717) is 21.2 Å². The predicted octanol–water partition coefficient (Wildman–Crippen LogP) is 3.93. The largest absolute Gasteiger partial charge is 0.490 e. The van der Waals surface area contributed by atoms with Gasteiger partial charge in [-0.25, -0.2) is 9.78 Å². The van der Waals surface area contributed by atoms with Gasteiger partial charge in [0, 0.05) is 22.0 Å². The molecular formula is C22H21BrN4O7. The molecule has 0 saturated heterocycles. The standard InChI is InChI=1S/C22H21BrN4O7/c1-4-33-18-8-13(7-17(27(31)32)20(18)34-11-19(28)29)10-24-26-21(12(2)3)25-16-6-5-14(23)9-15(16)22(26)30/h5-10,12H,4,11H2,1-3H3,(H,28,29). The molecule has 0 saturated carbocycles. The highest BCUT2D eigenvalue weighted by Crippen LogP contribution is 2.38. The third-order valence-corrected chi connectivity index (χ3v) is 5.06. The average Bonchev–Trinajstić information content (AvgIpc) is 2.77. The number of hydrogen-bond acceptors (Lipinski definition) is 8. The predicted molar refractivity (Wildman–Crippen MR) is 128 cm³/mol. The molecule has 3 rings (SSSR count). The Bertz CT molecular complexity index is 1350. The lowest BCUT2D eigenvalue weighted by Gasteiger charge is -2.13. The molecule has 0 amide bonds. The van der Waals surface area contributed by atoms with E-state index >= 15 is 0 Å². The van der Waals surface area contributed by atoms with Crippen LogP contribution >= 0.6 is 15.9 Å². The molecule has 0 aliphatic carbocycles. The van der Waals surface area contributed by atoms with Crippen molar-refractivity contribution in [3.63, 3.8) is 0 Å². The summed E-state index contributed by atoms with van der Waals surface area (Å²) in [6, 6.07) is 7.74. The summed E-state index contributed by atoms with van der Waals surface area (Å²) in [5.74, 6) is -1.34. The van der Waals surface area contributed by atoms with Gasteiger partial charge in [0.25, 0.3) is 5.56 Å². The minimum atomic E-state index is -1.29. The van der Waals surface area contributed by atoms with Gasteiger partial charge in [-0.3, -0.25) is 14.9 Å². The van der Waals surface area contributed by atoms with Crippen LogP contribution in [0.25, 0.3) is 10.9 Å². The van der Waals surface area contributed by atoms with Crippen molar-refractivity contribution in [2.45, 2.75) is 26.7 Å². The van der Waals surface area contributed by atoms with E-state index in [4.69, 9.17) is 14.6 Å². The Labute approximate surface area is 201 Å². The topological polar surface area (TPSA) is 146 Å². The first kappa shape index (κ1) is 24.8. The van der Waals surface area contributed by atoms with Crippen molar-refractivity contribution in [1.29, 1.82) is 0 Å². The number of carbonyl (C=O) groups is 1. The summed E-state index contributed by atoms with van der Waals surface area (Å²) in [7, 11) is 0. The van der Waals surface area contributed by atoms with Crippen LogP contribution in [0.15, 0.2) is 44.7 Å². The van der Waals surface area contributed by atoms with Crippen molar-refractivity contribution < 1.29 is 24.3 Å². The van der Waals surface area contributed by atoms with Crippen LogP contribution in [-0.4, -0.2) is 45.1 Å². The van der Waals surface area contributed by atoms with Crippen molar-refractivity contribution in [2.75, 3.05) is 13.2 Å². The lowest BCUT2D eigenvalue weighted by Crippen LogP contribution is -2.23. The van der Waals surface area contributed by atoms with Gasteiger partial charge in [0.1, 0.15) is 5.82 Å². The molecule has 2 aromatic carbocycles. The number of nitro benzene ring substituents is 1. The van der Waals surface area contributed by atoms with Crippen LogP contribution in [0.3, 0.4) is 0 Å². The number of nitrogens with zero attached hydrogens (tertiary/aromatic N) is 4. The Hall–Kier alpha value is -3.80. The van der Waals surface area contributed by atoms with Gasteiger partial charge in [-0.2, -0.15) is 9.78 Å². The van der Waals surface area contributed by atoms with Gasteiger partial charge in [0.2, 0.25) is 5.75 Å². The van der Waals surface area contributed by atoms with Gasteiger partial charge in [0.15, 0.2) is 12.4 Å². The van der Waals surface area contributed by atoms with Crippen LogP contribution in [0.2, 0.25) is 0 Å². The van der Waals surface area contributed by atoms with E-state index in [1.165, 1.54) is 12.3 Å². The van der Waals surface area contributed by atoms with Crippen LogP contribution in [-0.2, 0) is 4.79 Å². The molecule has 34 heavy (non-hydrogen) atoms. The van der Waals surface area contributed by atoms with Gasteiger partial charge in [-0.15, -0.1) is 0 Å².